The number of hydrogen-bond donors (Lipinski definition) is 0. The van der Waals surface area contributed by atoms with Gasteiger partial charge >= 0.3 is 0 Å². The highest BCUT2D eigenvalue weighted by atomic mass is 35.5. The van der Waals surface area contributed by atoms with Gasteiger partial charge in [0.15, 0.2) is 0 Å². The molecular weight excluding hydrogens is 216 g/mol. The molecule has 16 heavy (non-hydrogen) atoms. The number of aryl methyl sites for hydroxylation is 1. The Kier molecular flexibility index (Phi) is 3.29. The molecule has 0 atom stereocenters. The van der Waals surface area contributed by atoms with Crippen molar-refractivity contribution in [1.82, 2.24) is 0 Å². The molecule has 0 bridgehead atoms. The summed E-state index contributed by atoms with van der Waals surface area (Å²) in [6.45, 7) is 2.06. The maximum Gasteiger partial charge on any atom is 0.0406 e. The van der Waals surface area contributed by atoms with Crippen LogP contribution in [0.3, 0.4) is 0 Å². The van der Waals surface area contributed by atoms with E-state index < -0.39 is 0 Å². The fourth-order valence-electron chi connectivity index (χ4n) is 1.40. The molecule has 0 fully saturated rings. The Morgan fingerprint density at radius 3 is 2.25 bits per heavy atom. The summed E-state index contributed by atoms with van der Waals surface area (Å²) in [7, 11) is 0. The van der Waals surface area contributed by atoms with Crippen LogP contribution in [0.25, 0.3) is 0 Å². The minimum Gasteiger partial charge on any atom is -0.0843 e. The summed E-state index contributed by atoms with van der Waals surface area (Å²) in [5.41, 5.74) is 3.24. The first kappa shape index (κ1) is 10.8. The number of hydrogen-bond acceptors (Lipinski definition) is 0. The molecule has 2 rings (SSSR count). The fraction of sp³-hybridized carbons (Fsp3) is 0.0667. The van der Waals surface area contributed by atoms with Crippen molar-refractivity contribution >= 4 is 11.6 Å². The maximum atomic E-state index is 5.80. The summed E-state index contributed by atoms with van der Waals surface area (Å²) < 4.78 is 0. The van der Waals surface area contributed by atoms with Crippen molar-refractivity contribution in [3.63, 3.8) is 0 Å². The summed E-state index contributed by atoms with van der Waals surface area (Å²) in [5.74, 6) is 6.23. The van der Waals surface area contributed by atoms with E-state index in [1.165, 1.54) is 5.56 Å². The second-order valence-electron chi connectivity index (χ2n) is 3.63. The predicted octanol–water partition coefficient (Wildman–Crippen LogP) is 4.05. The van der Waals surface area contributed by atoms with Gasteiger partial charge in [-0.2, -0.15) is 0 Å². The molecule has 2 aromatic carbocycles. The van der Waals surface area contributed by atoms with Crippen LogP contribution in [0.15, 0.2) is 48.5 Å². The second-order valence-corrected chi connectivity index (χ2v) is 4.06. The summed E-state index contributed by atoms with van der Waals surface area (Å²) >= 11 is 5.80. The molecule has 0 unspecified atom stereocenters. The zero-order chi connectivity index (χ0) is 11.4. The van der Waals surface area contributed by atoms with Gasteiger partial charge in [0.05, 0.1) is 0 Å². The molecule has 0 radical (unpaired) electrons. The molecule has 0 aliphatic carbocycles. The summed E-state index contributed by atoms with van der Waals surface area (Å²) in [6.07, 6.45) is 0. The van der Waals surface area contributed by atoms with Crippen LogP contribution in [0.5, 0.6) is 0 Å². The molecule has 0 saturated carbocycles. The summed E-state index contributed by atoms with van der Waals surface area (Å²) in [4.78, 5) is 0. The normalized spacial score (nSPS) is 9.38. The lowest BCUT2D eigenvalue weighted by atomic mass is 10.1. The second kappa shape index (κ2) is 4.88. The zero-order valence-corrected chi connectivity index (χ0v) is 9.75. The lowest BCUT2D eigenvalue weighted by Gasteiger charge is -1.93. The van der Waals surface area contributed by atoms with Crippen LogP contribution in [0.2, 0.25) is 5.02 Å². The lowest BCUT2D eigenvalue weighted by molar-refractivity contribution is 1.45. The Bertz CT molecular complexity index is 542. The standard InChI is InChI=1S/C15H11Cl/c1-12-3-2-4-14(11-12)6-5-13-7-9-15(16)10-8-13/h2-4,7-11H,1H3. The molecule has 0 nitrogen and oxygen atoms in total. The molecule has 0 heterocycles. The third-order valence-electron chi connectivity index (χ3n) is 2.21. The van der Waals surface area contributed by atoms with Crippen LogP contribution in [0.1, 0.15) is 16.7 Å². The van der Waals surface area contributed by atoms with Gasteiger partial charge in [0.1, 0.15) is 0 Å². The van der Waals surface area contributed by atoms with Gasteiger partial charge in [-0.15, -0.1) is 0 Å². The van der Waals surface area contributed by atoms with Gasteiger partial charge < -0.3 is 0 Å². The van der Waals surface area contributed by atoms with Gasteiger partial charge in [-0.3, -0.25) is 0 Å². The molecular formula is C15H11Cl. The van der Waals surface area contributed by atoms with Crippen LogP contribution >= 0.6 is 11.6 Å². The zero-order valence-electron chi connectivity index (χ0n) is 9.00. The Morgan fingerprint density at radius 2 is 1.56 bits per heavy atom. The molecule has 0 spiro atoms. The molecule has 0 aliphatic heterocycles. The lowest BCUT2D eigenvalue weighted by Crippen LogP contribution is -1.77. The van der Waals surface area contributed by atoms with Crippen LogP contribution in [-0.2, 0) is 0 Å². The SMILES string of the molecule is Cc1cccc(C#Cc2ccc(Cl)cc2)c1. The first-order valence-corrected chi connectivity index (χ1v) is 5.46. The number of benzene rings is 2. The molecule has 0 N–H and O–H groups in total. The Balaban J connectivity index is 2.25. The van der Waals surface area contributed by atoms with Gasteiger partial charge in [-0.1, -0.05) is 35.6 Å². The van der Waals surface area contributed by atoms with E-state index in [2.05, 4.69) is 30.9 Å². The van der Waals surface area contributed by atoms with Crippen LogP contribution < -0.4 is 0 Å². The van der Waals surface area contributed by atoms with E-state index in [0.717, 1.165) is 16.1 Å². The van der Waals surface area contributed by atoms with Gasteiger partial charge in [0, 0.05) is 16.1 Å². The average molecular weight is 227 g/mol. The van der Waals surface area contributed by atoms with Gasteiger partial charge in [0.25, 0.3) is 0 Å². The first-order valence-electron chi connectivity index (χ1n) is 5.08. The molecule has 78 valence electrons. The van der Waals surface area contributed by atoms with Gasteiger partial charge in [-0.25, -0.2) is 0 Å². The van der Waals surface area contributed by atoms with Crippen molar-refractivity contribution in [1.29, 1.82) is 0 Å². The predicted molar refractivity (Wildman–Crippen MR) is 68.6 cm³/mol. The van der Waals surface area contributed by atoms with E-state index >= 15 is 0 Å². The highest BCUT2D eigenvalue weighted by Crippen LogP contribution is 2.09. The molecule has 1 heteroatoms. The van der Waals surface area contributed by atoms with Crippen molar-refractivity contribution in [2.24, 2.45) is 0 Å². The topological polar surface area (TPSA) is 0 Å². The highest BCUT2D eigenvalue weighted by Gasteiger charge is 1.89. The molecule has 0 aromatic heterocycles. The first-order chi connectivity index (χ1) is 7.74. The summed E-state index contributed by atoms with van der Waals surface area (Å²) in [6, 6.07) is 15.7. The monoisotopic (exact) mass is 226 g/mol. The van der Waals surface area contributed by atoms with Gasteiger partial charge in [-0.05, 0) is 48.9 Å². The Morgan fingerprint density at radius 1 is 0.875 bits per heavy atom. The van der Waals surface area contributed by atoms with E-state index in [4.69, 9.17) is 11.6 Å². The van der Waals surface area contributed by atoms with Crippen molar-refractivity contribution in [2.75, 3.05) is 0 Å². The quantitative estimate of drug-likeness (QED) is 0.595. The third kappa shape index (κ3) is 2.89. The number of rotatable bonds is 0. The summed E-state index contributed by atoms with van der Waals surface area (Å²) in [5, 5.41) is 0.737. The van der Waals surface area contributed by atoms with E-state index in [0.29, 0.717) is 0 Å². The molecule has 0 amide bonds. The minimum atomic E-state index is 0.737. The smallest absolute Gasteiger partial charge is 0.0406 e. The number of halogens is 1. The van der Waals surface area contributed by atoms with E-state index in [1.54, 1.807) is 0 Å². The van der Waals surface area contributed by atoms with Crippen LogP contribution in [-0.4, -0.2) is 0 Å². The van der Waals surface area contributed by atoms with E-state index in [1.807, 2.05) is 36.4 Å². The van der Waals surface area contributed by atoms with Crippen molar-refractivity contribution in [2.45, 2.75) is 6.92 Å². The minimum absolute atomic E-state index is 0.737. The average Bonchev–Trinajstić information content (AvgIpc) is 2.28. The van der Waals surface area contributed by atoms with Crippen molar-refractivity contribution in [3.05, 3.63) is 70.2 Å². The molecule has 2 aromatic rings. The Labute approximate surface area is 101 Å². The highest BCUT2D eigenvalue weighted by molar-refractivity contribution is 6.30. The van der Waals surface area contributed by atoms with E-state index in [9.17, 15) is 0 Å². The molecule has 0 saturated heterocycles. The maximum absolute atomic E-state index is 5.80. The third-order valence-corrected chi connectivity index (χ3v) is 2.47. The van der Waals surface area contributed by atoms with Crippen LogP contribution in [0.4, 0.5) is 0 Å². The molecule has 0 aliphatic rings. The van der Waals surface area contributed by atoms with Crippen molar-refractivity contribution in [3.8, 4) is 11.8 Å². The van der Waals surface area contributed by atoms with Crippen molar-refractivity contribution < 1.29 is 0 Å². The fourth-order valence-corrected chi connectivity index (χ4v) is 1.53. The largest absolute Gasteiger partial charge is 0.0843 e. The van der Waals surface area contributed by atoms with Gasteiger partial charge in [0.2, 0.25) is 0 Å². The Hall–Kier alpha value is -1.71. The van der Waals surface area contributed by atoms with E-state index in [-0.39, 0.29) is 0 Å². The van der Waals surface area contributed by atoms with Crippen LogP contribution in [0, 0.1) is 18.8 Å².